The van der Waals surface area contributed by atoms with Crippen molar-refractivity contribution in [2.75, 3.05) is 37.6 Å². The van der Waals surface area contributed by atoms with Crippen LogP contribution in [0.4, 0.5) is 5.69 Å². The molecule has 116 valence electrons. The van der Waals surface area contributed by atoms with Crippen LogP contribution < -0.4 is 10.2 Å². The fraction of sp³-hybridized carbons (Fsp3) is 0.706. The molecule has 0 spiro atoms. The molecular weight excluding hydrogens is 260 g/mol. The minimum atomic E-state index is 0.757. The summed E-state index contributed by atoms with van der Waals surface area (Å²) in [7, 11) is 0. The molecule has 4 heteroatoms. The van der Waals surface area contributed by atoms with E-state index >= 15 is 0 Å². The molecule has 3 rings (SSSR count). The Morgan fingerprint density at radius 3 is 3.00 bits per heavy atom. The van der Waals surface area contributed by atoms with Crippen LogP contribution in [0.25, 0.3) is 0 Å². The van der Waals surface area contributed by atoms with Crippen molar-refractivity contribution in [3.8, 4) is 0 Å². The number of nitrogens with zero attached hydrogens (tertiary/aromatic N) is 3. The Bertz CT molecular complexity index is 474. The second kappa shape index (κ2) is 6.75. The van der Waals surface area contributed by atoms with Crippen molar-refractivity contribution in [3.63, 3.8) is 0 Å². The van der Waals surface area contributed by atoms with E-state index in [0.29, 0.717) is 0 Å². The zero-order chi connectivity index (χ0) is 14.7. The fourth-order valence-electron chi connectivity index (χ4n) is 3.69. The Kier molecular flexibility index (Phi) is 4.76. The first kappa shape index (κ1) is 14.8. The van der Waals surface area contributed by atoms with Crippen LogP contribution in [0.2, 0.25) is 0 Å². The lowest BCUT2D eigenvalue weighted by Gasteiger charge is -2.29. The molecule has 1 atom stereocenters. The molecule has 2 saturated heterocycles. The van der Waals surface area contributed by atoms with Crippen molar-refractivity contribution in [3.05, 3.63) is 23.5 Å². The Labute approximate surface area is 128 Å². The zero-order valence-corrected chi connectivity index (χ0v) is 13.4. The molecule has 21 heavy (non-hydrogen) atoms. The van der Waals surface area contributed by atoms with Crippen LogP contribution in [-0.2, 0) is 6.54 Å². The lowest BCUT2D eigenvalue weighted by molar-refractivity contribution is 0.273. The zero-order valence-electron chi connectivity index (χ0n) is 13.4. The maximum atomic E-state index is 4.50. The monoisotopic (exact) mass is 288 g/mol. The van der Waals surface area contributed by atoms with E-state index in [-0.39, 0.29) is 0 Å². The maximum Gasteiger partial charge on any atom is 0.0446 e. The Morgan fingerprint density at radius 1 is 1.29 bits per heavy atom. The van der Waals surface area contributed by atoms with Crippen LogP contribution in [0.15, 0.2) is 12.3 Å². The highest BCUT2D eigenvalue weighted by atomic mass is 15.3. The quantitative estimate of drug-likeness (QED) is 0.920. The van der Waals surface area contributed by atoms with E-state index < -0.39 is 0 Å². The smallest absolute Gasteiger partial charge is 0.0446 e. The molecule has 2 aliphatic rings. The number of aryl methyl sites for hydroxylation is 1. The van der Waals surface area contributed by atoms with E-state index in [4.69, 9.17) is 0 Å². The first-order valence-corrected chi connectivity index (χ1v) is 8.43. The van der Waals surface area contributed by atoms with Crippen molar-refractivity contribution in [2.24, 2.45) is 0 Å². The number of rotatable bonds is 4. The van der Waals surface area contributed by atoms with Gasteiger partial charge in [-0.05, 0) is 45.3 Å². The van der Waals surface area contributed by atoms with Gasteiger partial charge in [0.2, 0.25) is 0 Å². The van der Waals surface area contributed by atoms with Gasteiger partial charge in [0.15, 0.2) is 0 Å². The second-order valence-corrected chi connectivity index (χ2v) is 6.37. The Hall–Kier alpha value is -1.13. The molecule has 1 aromatic heterocycles. The van der Waals surface area contributed by atoms with Crippen molar-refractivity contribution >= 4 is 5.69 Å². The predicted octanol–water partition coefficient (Wildman–Crippen LogP) is 2.17. The number of fused-ring (bicyclic) bond motifs is 1. The summed E-state index contributed by atoms with van der Waals surface area (Å²) < 4.78 is 0. The summed E-state index contributed by atoms with van der Waals surface area (Å²) in [6.45, 7) is 11.1. The van der Waals surface area contributed by atoms with Crippen molar-refractivity contribution in [2.45, 2.75) is 45.7 Å². The van der Waals surface area contributed by atoms with E-state index in [2.05, 4.69) is 46.2 Å². The third-order valence-corrected chi connectivity index (χ3v) is 4.81. The molecule has 0 radical (unpaired) electrons. The molecule has 2 fully saturated rings. The molecule has 1 aromatic rings. The number of nitrogens with one attached hydrogen (secondary N) is 1. The van der Waals surface area contributed by atoms with Crippen LogP contribution in [0.1, 0.15) is 37.4 Å². The van der Waals surface area contributed by atoms with Crippen LogP contribution in [-0.4, -0.2) is 48.6 Å². The van der Waals surface area contributed by atoms with Gasteiger partial charge in [0.25, 0.3) is 0 Å². The van der Waals surface area contributed by atoms with E-state index in [9.17, 15) is 0 Å². The molecular formula is C17H28N4. The molecule has 0 saturated carbocycles. The summed E-state index contributed by atoms with van der Waals surface area (Å²) >= 11 is 0. The topological polar surface area (TPSA) is 31.4 Å². The lowest BCUT2D eigenvalue weighted by Crippen LogP contribution is -2.37. The first-order chi connectivity index (χ1) is 10.3. The summed E-state index contributed by atoms with van der Waals surface area (Å²) in [5, 5.41) is 3.45. The van der Waals surface area contributed by atoms with Gasteiger partial charge in [0.1, 0.15) is 0 Å². The van der Waals surface area contributed by atoms with Gasteiger partial charge in [-0.2, -0.15) is 0 Å². The predicted molar refractivity (Wildman–Crippen MR) is 87.8 cm³/mol. The van der Waals surface area contributed by atoms with Gasteiger partial charge in [0.05, 0.1) is 0 Å². The number of aromatic nitrogens is 1. The molecule has 3 heterocycles. The van der Waals surface area contributed by atoms with Crippen LogP contribution in [0.3, 0.4) is 0 Å². The third-order valence-electron chi connectivity index (χ3n) is 4.81. The van der Waals surface area contributed by atoms with Crippen LogP contribution >= 0.6 is 0 Å². The Morgan fingerprint density at radius 2 is 2.14 bits per heavy atom. The van der Waals surface area contributed by atoms with Gasteiger partial charge in [-0.15, -0.1) is 0 Å². The average Bonchev–Trinajstić information content (AvgIpc) is 2.83. The highest BCUT2D eigenvalue weighted by Crippen LogP contribution is 2.27. The highest BCUT2D eigenvalue weighted by molar-refractivity contribution is 5.54. The average molecular weight is 288 g/mol. The minimum absolute atomic E-state index is 0.757. The molecule has 1 unspecified atom stereocenters. The first-order valence-electron chi connectivity index (χ1n) is 8.43. The summed E-state index contributed by atoms with van der Waals surface area (Å²) in [6.07, 6.45) is 6.07. The third kappa shape index (κ3) is 3.38. The summed E-state index contributed by atoms with van der Waals surface area (Å²) in [6, 6.07) is 3.03. The molecule has 1 N–H and O–H groups in total. The second-order valence-electron chi connectivity index (χ2n) is 6.37. The summed E-state index contributed by atoms with van der Waals surface area (Å²) in [5.41, 5.74) is 3.86. The molecule has 0 aliphatic carbocycles. The van der Waals surface area contributed by atoms with Gasteiger partial charge in [0, 0.05) is 55.4 Å². The van der Waals surface area contributed by atoms with Crippen LogP contribution in [0.5, 0.6) is 0 Å². The molecule has 2 aliphatic heterocycles. The summed E-state index contributed by atoms with van der Waals surface area (Å²) in [4.78, 5) is 9.80. The summed E-state index contributed by atoms with van der Waals surface area (Å²) in [5.74, 6) is 0. The van der Waals surface area contributed by atoms with E-state index in [0.717, 1.165) is 24.8 Å². The molecule has 0 bridgehead atoms. The molecule has 0 amide bonds. The minimum Gasteiger partial charge on any atom is -0.370 e. The van der Waals surface area contributed by atoms with Gasteiger partial charge in [-0.3, -0.25) is 9.88 Å². The van der Waals surface area contributed by atoms with E-state index in [1.54, 1.807) is 0 Å². The maximum absolute atomic E-state index is 4.50. The largest absolute Gasteiger partial charge is 0.370 e. The van der Waals surface area contributed by atoms with E-state index in [1.165, 1.54) is 56.7 Å². The highest BCUT2D eigenvalue weighted by Gasteiger charge is 2.29. The van der Waals surface area contributed by atoms with Crippen LogP contribution in [0, 0.1) is 6.92 Å². The standard InChI is InChI=1S/C17H28N4/c1-3-18-11-15-12-19-14(2)10-17(15)21-9-5-8-20-7-4-6-16(20)13-21/h10,12,16,18H,3-9,11,13H2,1-2H3. The SMILES string of the molecule is CCNCc1cnc(C)cc1N1CCCN2CCCC2C1. The van der Waals surface area contributed by atoms with Gasteiger partial charge in [-0.25, -0.2) is 0 Å². The van der Waals surface area contributed by atoms with Crippen molar-refractivity contribution < 1.29 is 0 Å². The lowest BCUT2D eigenvalue weighted by atomic mass is 10.1. The number of hydrogen-bond donors (Lipinski definition) is 1. The number of pyridine rings is 1. The van der Waals surface area contributed by atoms with Crippen molar-refractivity contribution in [1.82, 2.24) is 15.2 Å². The van der Waals surface area contributed by atoms with Crippen molar-refractivity contribution in [1.29, 1.82) is 0 Å². The number of anilines is 1. The number of hydrogen-bond acceptors (Lipinski definition) is 4. The molecule has 0 aromatic carbocycles. The van der Waals surface area contributed by atoms with Gasteiger partial charge >= 0.3 is 0 Å². The molecule has 4 nitrogen and oxygen atoms in total. The van der Waals surface area contributed by atoms with Gasteiger partial charge < -0.3 is 10.2 Å². The van der Waals surface area contributed by atoms with Gasteiger partial charge in [-0.1, -0.05) is 6.92 Å². The van der Waals surface area contributed by atoms with E-state index in [1.807, 2.05) is 0 Å². The fourth-order valence-corrected chi connectivity index (χ4v) is 3.69. The Balaban J connectivity index is 1.82. The normalized spacial score (nSPS) is 23.1.